The smallest absolute Gasteiger partial charge is 0.262 e. The number of pyridine rings is 1. The minimum absolute atomic E-state index is 0.0798. The van der Waals surface area contributed by atoms with Gasteiger partial charge in [0.25, 0.3) is 10.0 Å². The minimum atomic E-state index is -3.75. The van der Waals surface area contributed by atoms with Crippen molar-refractivity contribution in [1.82, 2.24) is 4.98 Å². The predicted octanol–water partition coefficient (Wildman–Crippen LogP) is 3.19. The van der Waals surface area contributed by atoms with Crippen molar-refractivity contribution in [2.75, 3.05) is 10.5 Å². The number of nitrogen functional groups attached to an aromatic ring is 1. The van der Waals surface area contributed by atoms with Crippen molar-refractivity contribution in [3.63, 3.8) is 0 Å². The van der Waals surface area contributed by atoms with E-state index in [-0.39, 0.29) is 15.7 Å². The average Bonchev–Trinajstić information content (AvgIpc) is 2.36. The first-order chi connectivity index (χ1) is 9.29. The molecule has 0 atom stereocenters. The summed E-state index contributed by atoms with van der Waals surface area (Å²) >= 11 is 9.07. The molecule has 3 N–H and O–H groups in total. The van der Waals surface area contributed by atoms with Crippen LogP contribution < -0.4 is 10.5 Å². The second-order valence-electron chi connectivity index (χ2n) is 4.14. The molecule has 0 aliphatic rings. The van der Waals surface area contributed by atoms with E-state index >= 15 is 0 Å². The molecule has 2 rings (SSSR count). The van der Waals surface area contributed by atoms with Gasteiger partial charge in [-0.2, -0.15) is 0 Å². The molecular weight excluding hydrogens is 366 g/mol. The fourth-order valence-corrected chi connectivity index (χ4v) is 3.32. The van der Waals surface area contributed by atoms with E-state index in [9.17, 15) is 8.42 Å². The molecule has 0 fully saturated rings. The van der Waals surface area contributed by atoms with E-state index in [1.165, 1.54) is 18.2 Å². The molecule has 0 amide bonds. The van der Waals surface area contributed by atoms with E-state index in [0.717, 1.165) is 5.56 Å². The van der Waals surface area contributed by atoms with Gasteiger partial charge < -0.3 is 5.73 Å². The summed E-state index contributed by atoms with van der Waals surface area (Å²) in [5, 5.41) is 0.0914. The van der Waals surface area contributed by atoms with Crippen LogP contribution in [-0.2, 0) is 10.0 Å². The Morgan fingerprint density at radius 3 is 2.70 bits per heavy atom. The van der Waals surface area contributed by atoms with Crippen molar-refractivity contribution < 1.29 is 8.42 Å². The summed E-state index contributed by atoms with van der Waals surface area (Å²) in [5.41, 5.74) is 7.13. The number of nitrogens with zero attached hydrogens (tertiary/aromatic N) is 1. The van der Waals surface area contributed by atoms with Crippen molar-refractivity contribution in [3.05, 3.63) is 45.7 Å². The van der Waals surface area contributed by atoms with E-state index in [4.69, 9.17) is 17.3 Å². The lowest BCUT2D eigenvalue weighted by Crippen LogP contribution is -2.14. The number of aromatic nitrogens is 1. The topological polar surface area (TPSA) is 85.1 Å². The summed E-state index contributed by atoms with van der Waals surface area (Å²) in [5.74, 6) is 0. The Morgan fingerprint density at radius 2 is 2.05 bits per heavy atom. The Bertz CT molecular complexity index is 765. The van der Waals surface area contributed by atoms with Gasteiger partial charge in [-0.05, 0) is 52.7 Å². The second kappa shape index (κ2) is 5.59. The maximum atomic E-state index is 12.3. The molecule has 5 nitrogen and oxygen atoms in total. The van der Waals surface area contributed by atoms with Crippen LogP contribution in [0.2, 0.25) is 5.15 Å². The van der Waals surface area contributed by atoms with Gasteiger partial charge in [-0.25, -0.2) is 13.4 Å². The second-order valence-corrected chi connectivity index (χ2v) is 7.03. The number of benzene rings is 1. The maximum absolute atomic E-state index is 12.3. The molecule has 1 aromatic heterocycles. The van der Waals surface area contributed by atoms with Crippen LogP contribution in [0.3, 0.4) is 0 Å². The van der Waals surface area contributed by atoms with Crippen LogP contribution in [0.5, 0.6) is 0 Å². The van der Waals surface area contributed by atoms with Crippen LogP contribution in [0.15, 0.2) is 39.8 Å². The molecule has 0 saturated heterocycles. The lowest BCUT2D eigenvalue weighted by molar-refractivity contribution is 0.601. The number of rotatable bonds is 3. The molecule has 0 aliphatic heterocycles. The van der Waals surface area contributed by atoms with E-state index in [2.05, 4.69) is 25.6 Å². The zero-order valence-corrected chi connectivity index (χ0v) is 13.6. The molecule has 2 aromatic rings. The molecule has 20 heavy (non-hydrogen) atoms. The Hall–Kier alpha value is -1.31. The monoisotopic (exact) mass is 375 g/mol. The lowest BCUT2D eigenvalue weighted by Gasteiger charge is -2.10. The van der Waals surface area contributed by atoms with Gasteiger partial charge in [-0.3, -0.25) is 4.72 Å². The van der Waals surface area contributed by atoms with E-state index < -0.39 is 10.0 Å². The minimum Gasteiger partial charge on any atom is -0.398 e. The maximum Gasteiger partial charge on any atom is 0.262 e. The molecule has 1 heterocycles. The largest absolute Gasteiger partial charge is 0.398 e. The third-order valence-corrected chi connectivity index (χ3v) is 4.85. The quantitative estimate of drug-likeness (QED) is 0.636. The Labute approximate surface area is 130 Å². The molecule has 1 aromatic carbocycles. The van der Waals surface area contributed by atoms with Crippen molar-refractivity contribution in [3.8, 4) is 0 Å². The van der Waals surface area contributed by atoms with Gasteiger partial charge in [0.15, 0.2) is 5.15 Å². The zero-order chi connectivity index (χ0) is 14.9. The van der Waals surface area contributed by atoms with Gasteiger partial charge in [0.05, 0.1) is 10.6 Å². The van der Waals surface area contributed by atoms with Gasteiger partial charge >= 0.3 is 0 Å². The van der Waals surface area contributed by atoms with Gasteiger partial charge in [-0.1, -0.05) is 11.6 Å². The highest BCUT2D eigenvalue weighted by Gasteiger charge is 2.17. The Morgan fingerprint density at radius 1 is 1.35 bits per heavy atom. The summed E-state index contributed by atoms with van der Waals surface area (Å²) in [6, 6.07) is 5.96. The molecule has 0 radical (unpaired) electrons. The zero-order valence-electron chi connectivity index (χ0n) is 10.4. The fourth-order valence-electron chi connectivity index (χ4n) is 1.50. The highest BCUT2D eigenvalue weighted by molar-refractivity contribution is 9.10. The van der Waals surface area contributed by atoms with Crippen LogP contribution in [-0.4, -0.2) is 13.4 Å². The van der Waals surface area contributed by atoms with Crippen molar-refractivity contribution >= 4 is 48.9 Å². The Balaban J connectivity index is 2.40. The molecular formula is C12H11BrClN3O2S. The van der Waals surface area contributed by atoms with Gasteiger partial charge in [-0.15, -0.1) is 0 Å². The van der Waals surface area contributed by atoms with Crippen LogP contribution in [0, 0.1) is 6.92 Å². The molecule has 8 heteroatoms. The van der Waals surface area contributed by atoms with Gasteiger partial charge in [0, 0.05) is 16.4 Å². The summed E-state index contributed by atoms with van der Waals surface area (Å²) in [7, 11) is -3.75. The summed E-state index contributed by atoms with van der Waals surface area (Å²) in [6.45, 7) is 1.79. The average molecular weight is 377 g/mol. The molecule has 0 unspecified atom stereocenters. The number of aryl methyl sites for hydroxylation is 1. The van der Waals surface area contributed by atoms with E-state index in [0.29, 0.717) is 10.2 Å². The third kappa shape index (κ3) is 3.23. The normalized spacial score (nSPS) is 11.3. The summed E-state index contributed by atoms with van der Waals surface area (Å²) in [4.78, 5) is 3.98. The van der Waals surface area contributed by atoms with Crippen LogP contribution in [0.1, 0.15) is 5.56 Å². The Kier molecular flexibility index (Phi) is 4.22. The number of hydrogen-bond donors (Lipinski definition) is 2. The predicted molar refractivity (Wildman–Crippen MR) is 83.3 cm³/mol. The number of sulfonamides is 1. The highest BCUT2D eigenvalue weighted by atomic mass is 79.9. The standard InChI is InChI=1S/C12H11BrClN3O2S/c1-7-4-11(12(14)16-6-7)17-20(18,19)8-2-3-10(15)9(13)5-8/h2-6,17H,15H2,1H3. The third-order valence-electron chi connectivity index (χ3n) is 2.50. The SMILES string of the molecule is Cc1cnc(Cl)c(NS(=O)(=O)c2ccc(N)c(Br)c2)c1. The molecule has 0 bridgehead atoms. The number of hydrogen-bond acceptors (Lipinski definition) is 4. The summed E-state index contributed by atoms with van der Waals surface area (Å²) in [6.07, 6.45) is 1.56. The number of halogens is 2. The first kappa shape index (κ1) is 15.1. The number of anilines is 2. The van der Waals surface area contributed by atoms with Crippen molar-refractivity contribution in [2.24, 2.45) is 0 Å². The summed E-state index contributed by atoms with van der Waals surface area (Å²) < 4.78 is 27.5. The van der Waals surface area contributed by atoms with Crippen molar-refractivity contribution in [1.29, 1.82) is 0 Å². The van der Waals surface area contributed by atoms with Crippen LogP contribution in [0.4, 0.5) is 11.4 Å². The first-order valence-corrected chi connectivity index (χ1v) is 8.15. The molecule has 106 valence electrons. The van der Waals surface area contributed by atoms with E-state index in [1.807, 2.05) is 0 Å². The fraction of sp³-hybridized carbons (Fsp3) is 0.0833. The number of nitrogens with two attached hydrogens (primary N) is 1. The highest BCUT2D eigenvalue weighted by Crippen LogP contribution is 2.26. The first-order valence-electron chi connectivity index (χ1n) is 5.49. The van der Waals surface area contributed by atoms with Gasteiger partial charge in [0.2, 0.25) is 0 Å². The molecule has 0 aliphatic carbocycles. The molecule has 0 spiro atoms. The van der Waals surface area contributed by atoms with Crippen molar-refractivity contribution in [2.45, 2.75) is 11.8 Å². The van der Waals surface area contributed by atoms with E-state index in [1.54, 1.807) is 19.2 Å². The van der Waals surface area contributed by atoms with Crippen LogP contribution in [0.25, 0.3) is 0 Å². The lowest BCUT2D eigenvalue weighted by atomic mass is 10.3. The van der Waals surface area contributed by atoms with Crippen LogP contribution >= 0.6 is 27.5 Å². The van der Waals surface area contributed by atoms with Gasteiger partial charge in [0.1, 0.15) is 0 Å². The molecule has 0 saturated carbocycles. The number of nitrogens with one attached hydrogen (secondary N) is 1.